The zero-order chi connectivity index (χ0) is 20.6. The average Bonchev–Trinajstić information content (AvgIpc) is 3.50. The van der Waals surface area contributed by atoms with Crippen molar-refractivity contribution in [1.82, 2.24) is 20.7 Å². The van der Waals surface area contributed by atoms with Crippen molar-refractivity contribution in [3.63, 3.8) is 0 Å². The van der Waals surface area contributed by atoms with Crippen molar-refractivity contribution < 1.29 is 4.52 Å². The Bertz CT molecular complexity index is 939. The number of likely N-dealkylation sites (tertiary alicyclic amines) is 1. The van der Waals surface area contributed by atoms with Crippen LogP contribution in [0.3, 0.4) is 0 Å². The van der Waals surface area contributed by atoms with Crippen LogP contribution in [0.2, 0.25) is 0 Å². The van der Waals surface area contributed by atoms with Gasteiger partial charge in [0.05, 0.1) is 12.6 Å². The molecule has 1 aromatic heterocycles. The molecule has 1 aliphatic heterocycles. The van der Waals surface area contributed by atoms with E-state index in [0.29, 0.717) is 12.6 Å². The average molecular weight is 531 g/mol. The number of halogens is 1. The van der Waals surface area contributed by atoms with Gasteiger partial charge in [-0.25, -0.2) is 0 Å². The third-order valence-corrected chi connectivity index (χ3v) is 5.51. The molecule has 2 N–H and O–H groups in total. The molecule has 0 aliphatic carbocycles. The molecule has 1 aliphatic rings. The minimum absolute atomic E-state index is 0. The first kappa shape index (κ1) is 23.3. The van der Waals surface area contributed by atoms with Crippen LogP contribution < -0.4 is 10.6 Å². The molecule has 0 radical (unpaired) electrons. The Morgan fingerprint density at radius 1 is 1.03 bits per heavy atom. The lowest BCUT2D eigenvalue weighted by Crippen LogP contribution is -2.42. The van der Waals surface area contributed by atoms with E-state index in [1.807, 2.05) is 36.4 Å². The molecule has 2 heterocycles. The van der Waals surface area contributed by atoms with Gasteiger partial charge in [-0.2, -0.15) is 0 Å². The summed E-state index contributed by atoms with van der Waals surface area (Å²) in [6.07, 6.45) is 2.54. The quantitative estimate of drug-likeness (QED) is 0.268. The number of nitrogens with zero attached hydrogens (tertiary/aromatic N) is 3. The number of guanidine groups is 1. The Morgan fingerprint density at radius 3 is 2.39 bits per heavy atom. The number of hydrogen-bond acceptors (Lipinski definition) is 4. The molecule has 3 aromatic rings. The fourth-order valence-corrected chi connectivity index (χ4v) is 3.91. The molecule has 1 fully saturated rings. The largest absolute Gasteiger partial charge is 0.356 e. The fourth-order valence-electron chi connectivity index (χ4n) is 3.91. The van der Waals surface area contributed by atoms with Crippen LogP contribution in [0, 0.1) is 0 Å². The Kier molecular flexibility index (Phi) is 8.90. The zero-order valence-electron chi connectivity index (χ0n) is 17.8. The molecule has 7 heteroatoms. The Morgan fingerprint density at radius 2 is 1.71 bits per heavy atom. The van der Waals surface area contributed by atoms with Crippen molar-refractivity contribution in [3.8, 4) is 11.3 Å². The molecule has 1 unspecified atom stereocenters. The molecule has 1 atom stereocenters. The second kappa shape index (κ2) is 11.9. The minimum atomic E-state index is 0. The van der Waals surface area contributed by atoms with E-state index in [4.69, 9.17) is 4.52 Å². The van der Waals surface area contributed by atoms with Crippen LogP contribution in [0.1, 0.15) is 30.1 Å². The first-order chi connectivity index (χ1) is 14.8. The Balaban J connectivity index is 0.00000272. The summed E-state index contributed by atoms with van der Waals surface area (Å²) >= 11 is 0. The van der Waals surface area contributed by atoms with Gasteiger partial charge in [0.15, 0.2) is 11.7 Å². The first-order valence-electron chi connectivity index (χ1n) is 10.6. The third kappa shape index (κ3) is 6.30. The van der Waals surface area contributed by atoms with Gasteiger partial charge in [0.1, 0.15) is 5.69 Å². The summed E-state index contributed by atoms with van der Waals surface area (Å²) in [5.74, 6) is 1.54. The Labute approximate surface area is 201 Å². The van der Waals surface area contributed by atoms with Gasteiger partial charge < -0.3 is 15.2 Å². The van der Waals surface area contributed by atoms with Crippen LogP contribution >= 0.6 is 24.0 Å². The SMILES string of the molecule is CN=C(NCc1cc(-c2ccccc2)on1)NCC(c1ccccc1)N1CCCC1.I. The van der Waals surface area contributed by atoms with Gasteiger partial charge >= 0.3 is 0 Å². The summed E-state index contributed by atoms with van der Waals surface area (Å²) in [7, 11) is 1.79. The van der Waals surface area contributed by atoms with Crippen molar-refractivity contribution in [1.29, 1.82) is 0 Å². The van der Waals surface area contributed by atoms with Crippen molar-refractivity contribution in [3.05, 3.63) is 78.0 Å². The molecule has 2 aromatic carbocycles. The highest BCUT2D eigenvalue weighted by molar-refractivity contribution is 14.0. The van der Waals surface area contributed by atoms with E-state index in [9.17, 15) is 0 Å². The lowest BCUT2D eigenvalue weighted by atomic mass is 10.1. The fraction of sp³-hybridized carbons (Fsp3) is 0.333. The maximum Gasteiger partial charge on any atom is 0.191 e. The van der Waals surface area contributed by atoms with Crippen LogP contribution in [-0.4, -0.2) is 42.7 Å². The lowest BCUT2D eigenvalue weighted by molar-refractivity contribution is 0.245. The van der Waals surface area contributed by atoms with Gasteiger partial charge in [0.25, 0.3) is 0 Å². The molecule has 0 spiro atoms. The van der Waals surface area contributed by atoms with Gasteiger partial charge in [0, 0.05) is 25.2 Å². The van der Waals surface area contributed by atoms with Gasteiger partial charge in [-0.1, -0.05) is 65.8 Å². The van der Waals surface area contributed by atoms with Crippen LogP contribution in [-0.2, 0) is 6.54 Å². The van der Waals surface area contributed by atoms with E-state index in [1.165, 1.54) is 18.4 Å². The summed E-state index contributed by atoms with van der Waals surface area (Å²) in [5, 5.41) is 11.0. The summed E-state index contributed by atoms with van der Waals surface area (Å²) in [4.78, 5) is 6.93. The number of benzene rings is 2. The maximum absolute atomic E-state index is 5.48. The first-order valence-corrected chi connectivity index (χ1v) is 10.6. The summed E-state index contributed by atoms with van der Waals surface area (Å²) in [5.41, 5.74) is 3.21. The van der Waals surface area contributed by atoms with E-state index in [0.717, 1.165) is 42.6 Å². The summed E-state index contributed by atoms with van der Waals surface area (Å²) in [6.45, 7) is 3.65. The molecule has 1 saturated heterocycles. The number of nitrogens with one attached hydrogen (secondary N) is 2. The van der Waals surface area contributed by atoms with E-state index in [1.54, 1.807) is 7.05 Å². The van der Waals surface area contributed by atoms with Crippen LogP contribution in [0.5, 0.6) is 0 Å². The molecule has 4 rings (SSSR count). The van der Waals surface area contributed by atoms with E-state index in [2.05, 4.69) is 56.0 Å². The highest BCUT2D eigenvalue weighted by atomic mass is 127. The topological polar surface area (TPSA) is 65.7 Å². The van der Waals surface area contributed by atoms with Gasteiger partial charge in [-0.15, -0.1) is 24.0 Å². The number of rotatable bonds is 7. The lowest BCUT2D eigenvalue weighted by Gasteiger charge is -2.28. The van der Waals surface area contributed by atoms with E-state index in [-0.39, 0.29) is 24.0 Å². The summed E-state index contributed by atoms with van der Waals surface area (Å²) < 4.78 is 5.48. The van der Waals surface area contributed by atoms with Gasteiger partial charge in [0.2, 0.25) is 0 Å². The third-order valence-electron chi connectivity index (χ3n) is 5.51. The monoisotopic (exact) mass is 531 g/mol. The van der Waals surface area contributed by atoms with Gasteiger partial charge in [-0.3, -0.25) is 9.89 Å². The maximum atomic E-state index is 5.48. The molecular formula is C24H30IN5O. The van der Waals surface area contributed by atoms with Crippen LogP contribution in [0.4, 0.5) is 0 Å². The van der Waals surface area contributed by atoms with E-state index < -0.39 is 0 Å². The second-order valence-corrected chi connectivity index (χ2v) is 7.52. The van der Waals surface area contributed by atoms with Crippen LogP contribution in [0.15, 0.2) is 76.2 Å². The van der Waals surface area contributed by atoms with Crippen molar-refractivity contribution >= 4 is 29.9 Å². The molecule has 0 amide bonds. The number of hydrogen-bond donors (Lipinski definition) is 2. The predicted octanol–water partition coefficient (Wildman–Crippen LogP) is 4.46. The van der Waals surface area contributed by atoms with Crippen molar-refractivity contribution in [2.45, 2.75) is 25.4 Å². The molecule has 0 saturated carbocycles. The zero-order valence-corrected chi connectivity index (χ0v) is 20.2. The second-order valence-electron chi connectivity index (χ2n) is 7.52. The number of aliphatic imine (C=N–C) groups is 1. The molecule has 31 heavy (non-hydrogen) atoms. The molecule has 6 nitrogen and oxygen atoms in total. The Hall–Kier alpha value is -2.39. The molecular weight excluding hydrogens is 501 g/mol. The predicted molar refractivity (Wildman–Crippen MR) is 136 cm³/mol. The molecule has 0 bridgehead atoms. The highest BCUT2D eigenvalue weighted by Gasteiger charge is 2.23. The standard InChI is InChI=1S/C24H29N5O.HI/c1-25-24(26-17-21-16-23(30-28-21)20-12-6-3-7-13-20)27-18-22(29-14-8-9-15-29)19-10-4-2-5-11-19;/h2-7,10-13,16,22H,8-9,14-15,17-18H2,1H3,(H2,25,26,27);1H. The van der Waals surface area contributed by atoms with Gasteiger partial charge in [-0.05, 0) is 31.5 Å². The van der Waals surface area contributed by atoms with Crippen molar-refractivity contribution in [2.75, 3.05) is 26.7 Å². The summed E-state index contributed by atoms with van der Waals surface area (Å²) in [6, 6.07) is 23.0. The van der Waals surface area contributed by atoms with E-state index >= 15 is 0 Å². The van der Waals surface area contributed by atoms with Crippen molar-refractivity contribution in [2.24, 2.45) is 4.99 Å². The smallest absolute Gasteiger partial charge is 0.191 e. The van der Waals surface area contributed by atoms with Crippen LogP contribution in [0.25, 0.3) is 11.3 Å². The highest BCUT2D eigenvalue weighted by Crippen LogP contribution is 2.24. The minimum Gasteiger partial charge on any atom is -0.356 e. The normalized spacial score (nSPS) is 15.3. The molecule has 164 valence electrons. The number of aromatic nitrogens is 1.